The molecule has 0 aromatic heterocycles. The molecule has 0 radical (unpaired) electrons. The molecular formula is C24H27F3N2O3S2. The van der Waals surface area contributed by atoms with Gasteiger partial charge in [-0.2, -0.15) is 4.31 Å². The van der Waals surface area contributed by atoms with E-state index in [0.717, 1.165) is 9.87 Å². The van der Waals surface area contributed by atoms with Crippen molar-refractivity contribution in [1.82, 2.24) is 9.21 Å². The second-order valence-electron chi connectivity index (χ2n) is 8.85. The Labute approximate surface area is 202 Å². The highest BCUT2D eigenvalue weighted by molar-refractivity contribution is 8.02. The predicted molar refractivity (Wildman–Crippen MR) is 127 cm³/mol. The molecule has 2 aromatic carbocycles. The molecule has 0 bridgehead atoms. The summed E-state index contributed by atoms with van der Waals surface area (Å²) in [5.74, 6) is -3.25. The Kier molecular flexibility index (Phi) is 7.04. The van der Waals surface area contributed by atoms with Gasteiger partial charge >= 0.3 is 0 Å². The van der Waals surface area contributed by atoms with Gasteiger partial charge in [-0.15, -0.1) is 11.8 Å². The van der Waals surface area contributed by atoms with E-state index < -0.39 is 33.0 Å². The number of alkyl halides is 2. The van der Waals surface area contributed by atoms with E-state index in [1.807, 2.05) is 0 Å². The molecule has 184 valence electrons. The van der Waals surface area contributed by atoms with Gasteiger partial charge in [0, 0.05) is 49.4 Å². The first-order chi connectivity index (χ1) is 16.0. The number of hydrogen-bond donors (Lipinski definition) is 0. The van der Waals surface area contributed by atoms with Gasteiger partial charge in [0.2, 0.25) is 15.9 Å². The van der Waals surface area contributed by atoms with Crippen molar-refractivity contribution >= 4 is 27.7 Å². The maximum atomic E-state index is 14.6. The lowest BCUT2D eigenvalue weighted by atomic mass is 9.91. The summed E-state index contributed by atoms with van der Waals surface area (Å²) in [5.41, 5.74) is 1.18. The van der Waals surface area contributed by atoms with Crippen molar-refractivity contribution in [1.29, 1.82) is 0 Å². The highest BCUT2D eigenvalue weighted by Gasteiger charge is 2.44. The maximum absolute atomic E-state index is 14.6. The van der Waals surface area contributed by atoms with Gasteiger partial charge in [0.05, 0.1) is 4.90 Å². The second-order valence-corrected chi connectivity index (χ2v) is 11.9. The molecule has 2 fully saturated rings. The van der Waals surface area contributed by atoms with Gasteiger partial charge < -0.3 is 4.90 Å². The maximum Gasteiger partial charge on any atom is 0.251 e. The molecule has 10 heteroatoms. The number of rotatable bonds is 5. The highest BCUT2D eigenvalue weighted by atomic mass is 32.2. The summed E-state index contributed by atoms with van der Waals surface area (Å²) in [5, 5.41) is -0.993. The zero-order chi connectivity index (χ0) is 24.7. The Hall–Kier alpha value is -2.04. The highest BCUT2D eigenvalue weighted by Crippen LogP contribution is 2.39. The molecule has 2 aliphatic rings. The first-order valence-corrected chi connectivity index (χ1v) is 13.6. The number of thioether (sulfide) groups is 1. The second kappa shape index (κ2) is 9.54. The first kappa shape index (κ1) is 25.1. The fraction of sp³-hybridized carbons (Fsp3) is 0.458. The van der Waals surface area contributed by atoms with E-state index in [1.165, 1.54) is 40.9 Å². The average molecular weight is 513 g/mol. The number of benzene rings is 2. The summed E-state index contributed by atoms with van der Waals surface area (Å²) >= 11 is 1.21. The predicted octanol–water partition coefficient (Wildman–Crippen LogP) is 4.90. The molecule has 0 unspecified atom stereocenters. The number of aryl methyl sites for hydroxylation is 1. The van der Waals surface area contributed by atoms with Crippen LogP contribution in [-0.4, -0.2) is 60.2 Å². The summed E-state index contributed by atoms with van der Waals surface area (Å²) in [6, 6.07) is 10.3. The Bertz CT molecular complexity index is 1180. The van der Waals surface area contributed by atoms with Crippen LogP contribution in [-0.2, 0) is 14.8 Å². The van der Waals surface area contributed by atoms with Crippen LogP contribution in [0.3, 0.4) is 0 Å². The van der Waals surface area contributed by atoms with Crippen molar-refractivity contribution in [2.24, 2.45) is 0 Å². The molecule has 0 N–H and O–H groups in total. The molecule has 1 saturated heterocycles. The standard InChI is InChI=1S/C24H27F3N2O3S2/c1-16-7-8-21(19(15-16)18-5-3-4-6-20(18)25)34(31,32)29-13-14-33-23(29)22(30)28(2)17-9-11-24(26,27)12-10-17/h3-8,15,17,23H,9-14H2,1-2H3/t23-/m0/s1. The average Bonchev–Trinajstić information content (AvgIpc) is 3.29. The van der Waals surface area contributed by atoms with Crippen molar-refractivity contribution in [2.75, 3.05) is 19.3 Å². The van der Waals surface area contributed by atoms with Crippen LogP contribution in [0.15, 0.2) is 47.4 Å². The molecular weight excluding hydrogens is 485 g/mol. The topological polar surface area (TPSA) is 57.7 Å². The molecule has 1 heterocycles. The van der Waals surface area contributed by atoms with Crippen LogP contribution < -0.4 is 0 Å². The minimum atomic E-state index is -4.15. The largest absolute Gasteiger partial charge is 0.341 e. The minimum Gasteiger partial charge on any atom is -0.341 e. The summed E-state index contributed by atoms with van der Waals surface area (Å²) in [4.78, 5) is 14.7. The fourth-order valence-electron chi connectivity index (χ4n) is 4.55. The molecule has 5 nitrogen and oxygen atoms in total. The van der Waals surface area contributed by atoms with Gasteiger partial charge in [0.1, 0.15) is 11.2 Å². The lowest BCUT2D eigenvalue weighted by Crippen LogP contribution is -2.50. The van der Waals surface area contributed by atoms with Gasteiger partial charge in [0.25, 0.3) is 5.91 Å². The van der Waals surface area contributed by atoms with Crippen LogP contribution in [0.25, 0.3) is 11.1 Å². The Morgan fingerprint density at radius 2 is 1.79 bits per heavy atom. The zero-order valence-electron chi connectivity index (χ0n) is 19.0. The summed E-state index contributed by atoms with van der Waals surface area (Å²) in [7, 11) is -2.60. The zero-order valence-corrected chi connectivity index (χ0v) is 20.6. The number of amides is 1. The minimum absolute atomic E-state index is 0.0662. The number of carbonyl (C=O) groups excluding carboxylic acids is 1. The van der Waals surface area contributed by atoms with E-state index >= 15 is 0 Å². The van der Waals surface area contributed by atoms with Crippen LogP contribution in [0.4, 0.5) is 13.2 Å². The fourth-order valence-corrected chi connectivity index (χ4v) is 7.90. The van der Waals surface area contributed by atoms with Gasteiger partial charge in [-0.25, -0.2) is 21.6 Å². The molecule has 1 atom stereocenters. The lowest BCUT2D eigenvalue weighted by molar-refractivity contribution is -0.135. The summed E-state index contributed by atoms with van der Waals surface area (Å²) < 4.78 is 70.4. The normalized spacial score (nSPS) is 21.5. The van der Waals surface area contributed by atoms with Gasteiger partial charge in [-0.3, -0.25) is 4.79 Å². The van der Waals surface area contributed by atoms with Crippen LogP contribution in [0, 0.1) is 12.7 Å². The van der Waals surface area contributed by atoms with Gasteiger partial charge in [-0.05, 0) is 38.0 Å². The lowest BCUT2D eigenvalue weighted by Gasteiger charge is -2.36. The molecule has 1 saturated carbocycles. The van der Waals surface area contributed by atoms with E-state index in [-0.39, 0.29) is 54.3 Å². The van der Waals surface area contributed by atoms with Crippen LogP contribution in [0.2, 0.25) is 0 Å². The summed E-state index contributed by atoms with van der Waals surface area (Å²) in [6.07, 6.45) is -0.224. The number of hydrogen-bond acceptors (Lipinski definition) is 4. The van der Waals surface area contributed by atoms with Crippen LogP contribution in [0.5, 0.6) is 0 Å². The Balaban J connectivity index is 1.64. The molecule has 2 aromatic rings. The van der Waals surface area contributed by atoms with E-state index in [9.17, 15) is 26.4 Å². The Morgan fingerprint density at radius 3 is 2.47 bits per heavy atom. The number of sulfonamides is 1. The Morgan fingerprint density at radius 1 is 1.12 bits per heavy atom. The first-order valence-electron chi connectivity index (χ1n) is 11.1. The third-order valence-electron chi connectivity index (χ3n) is 6.53. The molecule has 0 spiro atoms. The monoisotopic (exact) mass is 512 g/mol. The number of carbonyl (C=O) groups is 1. The molecule has 34 heavy (non-hydrogen) atoms. The van der Waals surface area contributed by atoms with Crippen molar-refractivity contribution in [3.05, 3.63) is 53.8 Å². The third kappa shape index (κ3) is 4.85. The quantitative estimate of drug-likeness (QED) is 0.572. The van der Waals surface area contributed by atoms with Crippen molar-refractivity contribution in [3.63, 3.8) is 0 Å². The van der Waals surface area contributed by atoms with Crippen LogP contribution in [0.1, 0.15) is 31.2 Å². The van der Waals surface area contributed by atoms with Crippen molar-refractivity contribution in [2.45, 2.75) is 54.8 Å². The smallest absolute Gasteiger partial charge is 0.251 e. The van der Waals surface area contributed by atoms with Crippen molar-refractivity contribution < 1.29 is 26.4 Å². The van der Waals surface area contributed by atoms with E-state index in [1.54, 1.807) is 32.2 Å². The van der Waals surface area contributed by atoms with E-state index in [4.69, 9.17) is 0 Å². The number of halogens is 3. The molecule has 1 amide bonds. The van der Waals surface area contributed by atoms with Crippen molar-refractivity contribution in [3.8, 4) is 11.1 Å². The third-order valence-corrected chi connectivity index (χ3v) is 9.77. The van der Waals surface area contributed by atoms with E-state index in [2.05, 4.69) is 0 Å². The number of nitrogens with zero attached hydrogens (tertiary/aromatic N) is 2. The molecule has 4 rings (SSSR count). The SMILES string of the molecule is Cc1ccc(S(=O)(=O)N2CCS[C@H]2C(=O)N(C)C2CCC(F)(F)CC2)c(-c2ccccc2F)c1. The number of likely N-dealkylation sites (N-methyl/N-ethyl adjacent to an activating group) is 1. The van der Waals surface area contributed by atoms with E-state index in [0.29, 0.717) is 5.75 Å². The van der Waals surface area contributed by atoms with Gasteiger partial charge in [0.15, 0.2) is 0 Å². The van der Waals surface area contributed by atoms with Gasteiger partial charge in [-0.1, -0.05) is 29.8 Å². The summed E-state index contributed by atoms with van der Waals surface area (Å²) in [6.45, 7) is 1.92. The molecule has 1 aliphatic carbocycles. The van der Waals surface area contributed by atoms with Crippen LogP contribution >= 0.6 is 11.8 Å². The molecule has 1 aliphatic heterocycles.